The van der Waals surface area contributed by atoms with Crippen LogP contribution in [0.2, 0.25) is 0 Å². The van der Waals surface area contributed by atoms with Gasteiger partial charge in [0.05, 0.1) is 13.2 Å². The van der Waals surface area contributed by atoms with E-state index in [9.17, 15) is 23.8 Å². The third-order valence-electron chi connectivity index (χ3n) is 10.8. The summed E-state index contributed by atoms with van der Waals surface area (Å²) in [6.07, 6.45) is 44.3. The number of carboxylic acids is 1. The lowest BCUT2D eigenvalue weighted by Gasteiger charge is -2.20. The van der Waals surface area contributed by atoms with Crippen LogP contribution in [-0.2, 0) is 37.5 Å². The van der Waals surface area contributed by atoms with Crippen LogP contribution in [0.1, 0.15) is 239 Å². The van der Waals surface area contributed by atoms with Gasteiger partial charge in [0.2, 0.25) is 0 Å². The van der Waals surface area contributed by atoms with Crippen LogP contribution in [0.5, 0.6) is 0 Å². The molecule has 0 amide bonds. The van der Waals surface area contributed by atoms with E-state index in [4.69, 9.17) is 24.8 Å². The number of ether oxygens (including phenoxy) is 2. The number of allylic oxidation sites excluding steroid dienone is 2. The first-order valence-corrected chi connectivity index (χ1v) is 25.7. The smallest absolute Gasteiger partial charge is 0.472 e. The molecule has 3 atom stereocenters. The lowest BCUT2D eigenvalue weighted by atomic mass is 10.0. The van der Waals surface area contributed by atoms with E-state index in [1.54, 1.807) is 0 Å². The Bertz CT molecular complexity index is 1060. The number of esters is 2. The van der Waals surface area contributed by atoms with Gasteiger partial charge in [-0.25, -0.2) is 4.57 Å². The molecule has 0 aliphatic carbocycles. The maximum absolute atomic E-state index is 12.7. The van der Waals surface area contributed by atoms with E-state index in [-0.39, 0.29) is 19.4 Å². The van der Waals surface area contributed by atoms with Crippen molar-refractivity contribution in [3.8, 4) is 0 Å². The molecule has 12 heteroatoms. The van der Waals surface area contributed by atoms with Gasteiger partial charge in [0.1, 0.15) is 12.6 Å². The highest BCUT2D eigenvalue weighted by Crippen LogP contribution is 2.43. The number of hydrogen-bond donors (Lipinski definition) is 3. The maximum atomic E-state index is 12.7. The van der Waals surface area contributed by atoms with Crippen LogP contribution in [0, 0.1) is 0 Å². The van der Waals surface area contributed by atoms with Crippen molar-refractivity contribution in [2.75, 3.05) is 19.8 Å². The number of unbranched alkanes of at least 4 members (excludes halogenated alkanes) is 30. The Morgan fingerprint density at radius 1 is 0.508 bits per heavy atom. The molecule has 0 fully saturated rings. The van der Waals surface area contributed by atoms with Gasteiger partial charge in [0, 0.05) is 12.8 Å². The van der Waals surface area contributed by atoms with Crippen LogP contribution in [-0.4, -0.2) is 59.9 Å². The fourth-order valence-corrected chi connectivity index (χ4v) is 7.72. The highest BCUT2D eigenvalue weighted by Gasteiger charge is 2.28. The van der Waals surface area contributed by atoms with Crippen LogP contribution in [0.4, 0.5) is 0 Å². The van der Waals surface area contributed by atoms with Crippen LogP contribution in [0.25, 0.3) is 0 Å². The molecule has 0 rings (SSSR count). The number of phosphoric ester groups is 1. The number of carboxylic acid groups (broad SMARTS) is 1. The lowest BCUT2D eigenvalue weighted by Crippen LogP contribution is -2.34. The molecule has 0 aromatic heterocycles. The number of hydrogen-bond acceptors (Lipinski definition) is 9. The zero-order valence-electron chi connectivity index (χ0n) is 37.9. The zero-order chi connectivity index (χ0) is 43.5. The third kappa shape index (κ3) is 42.7. The summed E-state index contributed by atoms with van der Waals surface area (Å²) in [5.74, 6) is -2.37. The summed E-state index contributed by atoms with van der Waals surface area (Å²) in [5, 5.41) is 8.90. The summed E-state index contributed by atoms with van der Waals surface area (Å²) in [6, 6.07) is -1.52. The summed E-state index contributed by atoms with van der Waals surface area (Å²) < 4.78 is 32.7. The van der Waals surface area contributed by atoms with Crippen molar-refractivity contribution in [3.05, 3.63) is 12.2 Å². The molecular formula is C47H90NO10P. The maximum Gasteiger partial charge on any atom is 0.472 e. The van der Waals surface area contributed by atoms with Crippen LogP contribution < -0.4 is 5.73 Å². The quantitative estimate of drug-likeness (QED) is 0.0230. The average Bonchev–Trinajstić information content (AvgIpc) is 3.21. The van der Waals surface area contributed by atoms with E-state index in [0.717, 1.165) is 57.8 Å². The summed E-state index contributed by atoms with van der Waals surface area (Å²) in [7, 11) is -4.71. The molecule has 0 aromatic carbocycles. The Morgan fingerprint density at radius 3 is 1.27 bits per heavy atom. The molecule has 0 radical (unpaired) electrons. The molecule has 1 unspecified atom stereocenters. The molecule has 0 aliphatic heterocycles. The summed E-state index contributed by atoms with van der Waals surface area (Å²) in [4.78, 5) is 46.0. The van der Waals surface area contributed by atoms with Crippen molar-refractivity contribution in [3.63, 3.8) is 0 Å². The minimum absolute atomic E-state index is 0.166. The van der Waals surface area contributed by atoms with Crippen molar-refractivity contribution < 1.29 is 47.5 Å². The molecule has 0 heterocycles. The van der Waals surface area contributed by atoms with E-state index in [1.165, 1.54) is 141 Å². The number of aliphatic carboxylic acids is 1. The predicted octanol–water partition coefficient (Wildman–Crippen LogP) is 13.2. The van der Waals surface area contributed by atoms with E-state index in [0.29, 0.717) is 12.8 Å². The Balaban J connectivity index is 4.18. The predicted molar refractivity (Wildman–Crippen MR) is 240 cm³/mol. The molecule has 348 valence electrons. The van der Waals surface area contributed by atoms with Gasteiger partial charge in [0.15, 0.2) is 6.10 Å². The third-order valence-corrected chi connectivity index (χ3v) is 11.7. The van der Waals surface area contributed by atoms with Crippen LogP contribution in [0.3, 0.4) is 0 Å². The van der Waals surface area contributed by atoms with Gasteiger partial charge in [0.25, 0.3) is 0 Å². The summed E-state index contributed by atoms with van der Waals surface area (Å²) >= 11 is 0. The molecule has 0 aromatic rings. The van der Waals surface area contributed by atoms with Crippen molar-refractivity contribution in [1.29, 1.82) is 0 Å². The van der Waals surface area contributed by atoms with Crippen molar-refractivity contribution in [1.82, 2.24) is 0 Å². The molecule has 0 saturated heterocycles. The highest BCUT2D eigenvalue weighted by molar-refractivity contribution is 7.47. The molecule has 0 bridgehead atoms. The van der Waals surface area contributed by atoms with Crippen molar-refractivity contribution in [2.24, 2.45) is 5.73 Å². The standard InChI is InChI=1S/C47H90NO10P/c1-3-5-7-9-11-13-15-17-18-19-20-21-22-23-24-25-26-27-29-31-33-35-37-39-46(50)58-43(41-56-59(53,54)57-42-44(48)47(51)52)40-55-45(49)38-36-34-32-30-28-16-14-12-10-8-6-4-2/h12,14,43-44H,3-11,13,15-42,48H2,1-2H3,(H,51,52)(H,53,54)/b14-12+/t43-,44-/m0/s1. The normalized spacial score (nSPS) is 13.7. The summed E-state index contributed by atoms with van der Waals surface area (Å²) in [5.41, 5.74) is 5.34. The topological polar surface area (TPSA) is 172 Å². The minimum Gasteiger partial charge on any atom is -0.480 e. The monoisotopic (exact) mass is 860 g/mol. The Morgan fingerprint density at radius 2 is 0.847 bits per heavy atom. The second-order valence-corrected chi connectivity index (χ2v) is 18.1. The lowest BCUT2D eigenvalue weighted by molar-refractivity contribution is -0.161. The van der Waals surface area contributed by atoms with Crippen LogP contribution >= 0.6 is 7.82 Å². The Kier molecular flexibility index (Phi) is 41.6. The largest absolute Gasteiger partial charge is 0.480 e. The first-order valence-electron chi connectivity index (χ1n) is 24.2. The molecule has 59 heavy (non-hydrogen) atoms. The Hall–Kier alpha value is -1.78. The number of phosphoric acid groups is 1. The molecule has 11 nitrogen and oxygen atoms in total. The highest BCUT2D eigenvalue weighted by atomic mass is 31.2. The zero-order valence-corrected chi connectivity index (χ0v) is 38.8. The molecule has 4 N–H and O–H groups in total. The van der Waals surface area contributed by atoms with Gasteiger partial charge in [-0.1, -0.05) is 199 Å². The second-order valence-electron chi connectivity index (χ2n) is 16.6. The number of carbonyl (C=O) groups is 3. The first-order chi connectivity index (χ1) is 28.6. The number of rotatable bonds is 46. The van der Waals surface area contributed by atoms with E-state index >= 15 is 0 Å². The SMILES string of the molecule is CCCCC/C=C/CCCCCCCC(=O)OC[C@@H](COP(=O)(O)OC[C@H](N)C(=O)O)OC(=O)CCCCCCCCCCCCCCCCCCCCCCCCC. The fraction of sp³-hybridized carbons (Fsp3) is 0.894. The Labute approximate surface area is 360 Å². The van der Waals surface area contributed by atoms with Gasteiger partial charge in [-0.05, 0) is 38.5 Å². The van der Waals surface area contributed by atoms with Gasteiger partial charge >= 0.3 is 25.7 Å². The van der Waals surface area contributed by atoms with Crippen molar-refractivity contribution in [2.45, 2.75) is 251 Å². The van der Waals surface area contributed by atoms with Gasteiger partial charge < -0.3 is 25.2 Å². The molecule has 0 saturated carbocycles. The van der Waals surface area contributed by atoms with E-state index < -0.39 is 51.1 Å². The van der Waals surface area contributed by atoms with E-state index in [2.05, 4.69) is 30.5 Å². The molecular weight excluding hydrogens is 769 g/mol. The molecule has 0 aliphatic rings. The average molecular weight is 860 g/mol. The van der Waals surface area contributed by atoms with Gasteiger partial charge in [-0.3, -0.25) is 23.4 Å². The van der Waals surface area contributed by atoms with Crippen LogP contribution in [0.15, 0.2) is 12.2 Å². The minimum atomic E-state index is -4.71. The van der Waals surface area contributed by atoms with E-state index in [1.807, 2.05) is 0 Å². The first kappa shape index (κ1) is 57.2. The fourth-order valence-electron chi connectivity index (χ4n) is 6.94. The molecule has 0 spiro atoms. The second kappa shape index (κ2) is 42.9. The van der Waals surface area contributed by atoms with Gasteiger partial charge in [-0.2, -0.15) is 0 Å². The summed E-state index contributed by atoms with van der Waals surface area (Å²) in [6.45, 7) is 2.81. The van der Waals surface area contributed by atoms with Crippen molar-refractivity contribution >= 4 is 25.7 Å². The number of nitrogens with two attached hydrogens (primary N) is 1. The number of carbonyl (C=O) groups excluding carboxylic acids is 2. The van der Waals surface area contributed by atoms with Gasteiger partial charge in [-0.15, -0.1) is 0 Å².